The zero-order chi connectivity index (χ0) is 19.4. The van der Waals surface area contributed by atoms with E-state index in [-0.39, 0.29) is 17.6 Å². The fourth-order valence-electron chi connectivity index (χ4n) is 2.80. The van der Waals surface area contributed by atoms with Gasteiger partial charge in [-0.25, -0.2) is 0 Å². The number of rotatable bonds is 6. The summed E-state index contributed by atoms with van der Waals surface area (Å²) in [6.07, 6.45) is 0. The molecule has 0 saturated heterocycles. The summed E-state index contributed by atoms with van der Waals surface area (Å²) >= 11 is 3.40. The van der Waals surface area contributed by atoms with Crippen molar-refractivity contribution in [2.24, 2.45) is 0 Å². The Kier molecular flexibility index (Phi) is 6.08. The Morgan fingerprint density at radius 1 is 1.15 bits per heavy atom. The predicted molar refractivity (Wildman–Crippen MR) is 110 cm³/mol. The molecular formula is C21H22BrN3O2. The van der Waals surface area contributed by atoms with Crippen LogP contribution in [0.1, 0.15) is 27.7 Å². The molecule has 3 rings (SSSR count). The summed E-state index contributed by atoms with van der Waals surface area (Å²) in [6.45, 7) is 2.54. The van der Waals surface area contributed by atoms with Gasteiger partial charge in [-0.1, -0.05) is 63.0 Å². The second-order valence-electron chi connectivity index (χ2n) is 6.68. The van der Waals surface area contributed by atoms with Crippen LogP contribution in [0.4, 0.5) is 0 Å². The van der Waals surface area contributed by atoms with Gasteiger partial charge in [0, 0.05) is 22.6 Å². The van der Waals surface area contributed by atoms with E-state index in [1.165, 1.54) is 5.56 Å². The van der Waals surface area contributed by atoms with Crippen molar-refractivity contribution in [2.75, 3.05) is 20.6 Å². The van der Waals surface area contributed by atoms with Crippen LogP contribution < -0.4 is 5.32 Å². The van der Waals surface area contributed by atoms with Crippen LogP contribution in [0.15, 0.2) is 63.6 Å². The molecule has 2 aromatic carbocycles. The average Bonchev–Trinajstić information content (AvgIpc) is 3.14. The van der Waals surface area contributed by atoms with Crippen molar-refractivity contribution < 1.29 is 9.32 Å². The first kappa shape index (κ1) is 19.3. The molecule has 1 unspecified atom stereocenters. The van der Waals surface area contributed by atoms with Crippen molar-refractivity contribution in [2.45, 2.75) is 13.0 Å². The van der Waals surface area contributed by atoms with E-state index in [9.17, 15) is 4.79 Å². The lowest BCUT2D eigenvalue weighted by Gasteiger charge is -2.25. The monoisotopic (exact) mass is 427 g/mol. The Hall–Kier alpha value is -2.44. The van der Waals surface area contributed by atoms with Crippen LogP contribution in [0, 0.1) is 6.92 Å². The lowest BCUT2D eigenvalue weighted by atomic mass is 10.0. The number of hydrogen-bond acceptors (Lipinski definition) is 4. The van der Waals surface area contributed by atoms with E-state index < -0.39 is 0 Å². The van der Waals surface area contributed by atoms with Crippen molar-refractivity contribution in [3.63, 3.8) is 0 Å². The summed E-state index contributed by atoms with van der Waals surface area (Å²) in [5.41, 5.74) is 3.51. The van der Waals surface area contributed by atoms with Crippen molar-refractivity contribution in [3.05, 3.63) is 75.9 Å². The maximum absolute atomic E-state index is 12.5. The van der Waals surface area contributed by atoms with Gasteiger partial charge in [-0.2, -0.15) is 0 Å². The molecule has 140 valence electrons. The molecule has 1 heterocycles. The Balaban J connectivity index is 1.67. The molecule has 1 aromatic heterocycles. The van der Waals surface area contributed by atoms with Crippen LogP contribution in [0.2, 0.25) is 0 Å². The molecule has 1 amide bonds. The Labute approximate surface area is 167 Å². The van der Waals surface area contributed by atoms with Crippen molar-refractivity contribution in [3.8, 4) is 11.3 Å². The zero-order valence-corrected chi connectivity index (χ0v) is 17.2. The van der Waals surface area contributed by atoms with Crippen LogP contribution in [0.5, 0.6) is 0 Å². The van der Waals surface area contributed by atoms with Gasteiger partial charge >= 0.3 is 0 Å². The Morgan fingerprint density at radius 3 is 2.44 bits per heavy atom. The summed E-state index contributed by atoms with van der Waals surface area (Å²) in [6, 6.07) is 17.7. The number of hydrogen-bond donors (Lipinski definition) is 1. The van der Waals surface area contributed by atoms with Gasteiger partial charge in [-0.3, -0.25) is 4.79 Å². The second-order valence-corrected chi connectivity index (χ2v) is 7.60. The standard InChI is InChI=1S/C21H22BrN3O2/c1-14-4-6-15(7-5-14)19(25(2)3)13-23-21(26)18-12-20(27-24-18)16-8-10-17(22)11-9-16/h4-12,19H,13H2,1-3H3,(H,23,26). The third kappa shape index (κ3) is 4.84. The van der Waals surface area contributed by atoms with E-state index in [1.807, 2.05) is 38.4 Å². The number of carbonyl (C=O) groups excluding carboxylic acids is 1. The summed E-state index contributed by atoms with van der Waals surface area (Å²) in [7, 11) is 4.00. The smallest absolute Gasteiger partial charge is 0.273 e. The molecule has 5 nitrogen and oxygen atoms in total. The van der Waals surface area contributed by atoms with Crippen LogP contribution in [0.3, 0.4) is 0 Å². The maximum Gasteiger partial charge on any atom is 0.273 e. The largest absolute Gasteiger partial charge is 0.355 e. The predicted octanol–water partition coefficient (Wildman–Crippen LogP) is 4.45. The SMILES string of the molecule is Cc1ccc(C(CNC(=O)c2cc(-c3ccc(Br)cc3)on2)N(C)C)cc1. The van der Waals surface area contributed by atoms with E-state index in [0.29, 0.717) is 12.3 Å². The molecule has 0 radical (unpaired) electrons. The van der Waals surface area contributed by atoms with Crippen LogP contribution in [-0.2, 0) is 0 Å². The Bertz CT molecular complexity index is 902. The van der Waals surface area contributed by atoms with Crippen molar-refractivity contribution in [1.29, 1.82) is 0 Å². The summed E-state index contributed by atoms with van der Waals surface area (Å²) < 4.78 is 6.31. The summed E-state index contributed by atoms with van der Waals surface area (Å²) in [5, 5.41) is 6.87. The minimum Gasteiger partial charge on any atom is -0.355 e. The molecule has 0 fully saturated rings. The van der Waals surface area contributed by atoms with E-state index in [0.717, 1.165) is 15.6 Å². The van der Waals surface area contributed by atoms with Crippen LogP contribution in [0.25, 0.3) is 11.3 Å². The number of likely N-dealkylation sites (N-methyl/N-ethyl adjacent to an activating group) is 1. The fourth-order valence-corrected chi connectivity index (χ4v) is 3.06. The van der Waals surface area contributed by atoms with Crippen LogP contribution in [-0.4, -0.2) is 36.6 Å². The minimum atomic E-state index is -0.249. The first-order chi connectivity index (χ1) is 12.9. The van der Waals surface area contributed by atoms with E-state index in [2.05, 4.69) is 62.5 Å². The van der Waals surface area contributed by atoms with Gasteiger partial charge in [0.05, 0.1) is 6.04 Å². The fraction of sp³-hybridized carbons (Fsp3) is 0.238. The number of aromatic nitrogens is 1. The molecule has 0 bridgehead atoms. The van der Waals surface area contributed by atoms with Gasteiger partial charge in [0.25, 0.3) is 5.91 Å². The molecule has 0 aliphatic heterocycles. The molecule has 0 spiro atoms. The number of nitrogens with one attached hydrogen (secondary N) is 1. The molecule has 6 heteroatoms. The molecular weight excluding hydrogens is 406 g/mol. The molecule has 1 atom stereocenters. The van der Waals surface area contributed by atoms with E-state index in [4.69, 9.17) is 4.52 Å². The van der Waals surface area contributed by atoms with Gasteiger partial charge < -0.3 is 14.7 Å². The molecule has 0 saturated carbocycles. The van der Waals surface area contributed by atoms with Gasteiger partial charge in [-0.15, -0.1) is 0 Å². The Morgan fingerprint density at radius 2 is 1.81 bits per heavy atom. The van der Waals surface area contributed by atoms with E-state index >= 15 is 0 Å². The quantitative estimate of drug-likeness (QED) is 0.631. The number of halogens is 1. The van der Waals surface area contributed by atoms with Crippen molar-refractivity contribution >= 4 is 21.8 Å². The number of amides is 1. The zero-order valence-electron chi connectivity index (χ0n) is 15.6. The normalized spacial score (nSPS) is 12.2. The second kappa shape index (κ2) is 8.50. The third-order valence-electron chi connectivity index (χ3n) is 4.41. The van der Waals surface area contributed by atoms with E-state index in [1.54, 1.807) is 6.07 Å². The number of benzene rings is 2. The summed E-state index contributed by atoms with van der Waals surface area (Å²) in [4.78, 5) is 14.6. The highest BCUT2D eigenvalue weighted by molar-refractivity contribution is 9.10. The summed E-state index contributed by atoms with van der Waals surface area (Å²) in [5.74, 6) is 0.316. The maximum atomic E-state index is 12.5. The number of aryl methyl sites for hydroxylation is 1. The minimum absolute atomic E-state index is 0.0763. The molecule has 3 aromatic rings. The van der Waals surface area contributed by atoms with Crippen LogP contribution >= 0.6 is 15.9 Å². The van der Waals surface area contributed by atoms with Gasteiger partial charge in [0.15, 0.2) is 11.5 Å². The first-order valence-electron chi connectivity index (χ1n) is 8.68. The molecule has 1 N–H and O–H groups in total. The lowest BCUT2D eigenvalue weighted by molar-refractivity contribution is 0.0933. The highest BCUT2D eigenvalue weighted by Crippen LogP contribution is 2.23. The highest BCUT2D eigenvalue weighted by Gasteiger charge is 2.18. The molecule has 0 aliphatic carbocycles. The average molecular weight is 428 g/mol. The van der Waals surface area contributed by atoms with Gasteiger partial charge in [0.1, 0.15) is 0 Å². The number of carbonyl (C=O) groups is 1. The lowest BCUT2D eigenvalue weighted by Crippen LogP contribution is -2.34. The topological polar surface area (TPSA) is 58.4 Å². The number of nitrogens with zero attached hydrogens (tertiary/aromatic N) is 2. The highest BCUT2D eigenvalue weighted by atomic mass is 79.9. The van der Waals surface area contributed by atoms with Gasteiger partial charge in [-0.05, 0) is 38.7 Å². The molecule has 0 aliphatic rings. The first-order valence-corrected chi connectivity index (χ1v) is 9.47. The van der Waals surface area contributed by atoms with Crippen molar-refractivity contribution in [1.82, 2.24) is 15.4 Å². The van der Waals surface area contributed by atoms with Gasteiger partial charge in [0.2, 0.25) is 0 Å². The third-order valence-corrected chi connectivity index (χ3v) is 4.94. The molecule has 27 heavy (non-hydrogen) atoms.